The zero-order valence-electron chi connectivity index (χ0n) is 11.3. The third kappa shape index (κ3) is 5.87. The number of hydrogen-bond acceptors (Lipinski definition) is 3. The molecule has 0 saturated heterocycles. The number of esters is 1. The number of benzene rings is 1. The average molecular weight is 257 g/mol. The third-order valence-electron chi connectivity index (χ3n) is 2.68. The highest BCUT2D eigenvalue weighted by Gasteiger charge is 2.10. The van der Waals surface area contributed by atoms with E-state index in [1.165, 1.54) is 0 Å². The minimum atomic E-state index is -0.539. The molecule has 0 fully saturated rings. The highest BCUT2D eigenvalue weighted by atomic mass is 16.5. The summed E-state index contributed by atoms with van der Waals surface area (Å²) < 4.78 is 5.08. The molecule has 100 valence electrons. The van der Waals surface area contributed by atoms with Crippen LogP contribution in [0, 0.1) is 11.3 Å². The van der Waals surface area contributed by atoms with Gasteiger partial charge in [0.25, 0.3) is 0 Å². The van der Waals surface area contributed by atoms with E-state index in [-0.39, 0.29) is 5.57 Å². The molecule has 0 atom stereocenters. The molecule has 0 heterocycles. The Balaban J connectivity index is 2.49. The molecule has 0 aromatic heterocycles. The summed E-state index contributed by atoms with van der Waals surface area (Å²) >= 11 is 0. The minimum Gasteiger partial charge on any atom is -0.462 e. The second-order valence-electron chi connectivity index (χ2n) is 4.28. The van der Waals surface area contributed by atoms with Crippen molar-refractivity contribution < 1.29 is 9.53 Å². The van der Waals surface area contributed by atoms with E-state index in [2.05, 4.69) is 6.92 Å². The van der Waals surface area contributed by atoms with E-state index >= 15 is 0 Å². The predicted octanol–water partition coefficient (Wildman–Crippen LogP) is 3.72. The molecule has 0 N–H and O–H groups in total. The van der Waals surface area contributed by atoms with Crippen LogP contribution >= 0.6 is 0 Å². The van der Waals surface area contributed by atoms with E-state index in [4.69, 9.17) is 10.00 Å². The molecular formula is C16H19NO2. The molecule has 0 unspecified atom stereocenters. The van der Waals surface area contributed by atoms with Gasteiger partial charge in [-0.05, 0) is 18.1 Å². The summed E-state index contributed by atoms with van der Waals surface area (Å²) in [7, 11) is 0. The Kier molecular flexibility index (Phi) is 7.04. The van der Waals surface area contributed by atoms with Gasteiger partial charge in [0.05, 0.1) is 6.61 Å². The van der Waals surface area contributed by atoms with Crippen LogP contribution in [-0.2, 0) is 9.53 Å². The molecule has 1 aromatic carbocycles. The molecule has 0 bridgehead atoms. The Bertz CT molecular complexity index is 457. The molecule has 0 aliphatic rings. The second kappa shape index (κ2) is 8.93. The van der Waals surface area contributed by atoms with Crippen molar-refractivity contribution in [3.8, 4) is 6.07 Å². The smallest absolute Gasteiger partial charge is 0.348 e. The van der Waals surface area contributed by atoms with Gasteiger partial charge in [0.2, 0.25) is 0 Å². The van der Waals surface area contributed by atoms with E-state index in [1.807, 2.05) is 36.4 Å². The molecular weight excluding hydrogens is 238 g/mol. The summed E-state index contributed by atoms with van der Waals surface area (Å²) in [6.07, 6.45) is 5.74. The van der Waals surface area contributed by atoms with Gasteiger partial charge in [0, 0.05) is 0 Å². The van der Waals surface area contributed by atoms with Gasteiger partial charge in [-0.25, -0.2) is 4.79 Å². The fourth-order valence-corrected chi connectivity index (χ4v) is 1.62. The number of nitriles is 1. The summed E-state index contributed by atoms with van der Waals surface area (Å²) in [5.74, 6) is -0.539. The van der Waals surface area contributed by atoms with Crippen molar-refractivity contribution in [1.82, 2.24) is 0 Å². The van der Waals surface area contributed by atoms with Gasteiger partial charge in [-0.1, -0.05) is 56.5 Å². The van der Waals surface area contributed by atoms with Gasteiger partial charge in [-0.15, -0.1) is 0 Å². The summed E-state index contributed by atoms with van der Waals surface area (Å²) in [6.45, 7) is 2.51. The van der Waals surface area contributed by atoms with Crippen LogP contribution in [0.3, 0.4) is 0 Å². The van der Waals surface area contributed by atoms with E-state index in [0.29, 0.717) is 6.61 Å². The fourth-order valence-electron chi connectivity index (χ4n) is 1.62. The van der Waals surface area contributed by atoms with Crippen LogP contribution in [0.2, 0.25) is 0 Å². The zero-order valence-corrected chi connectivity index (χ0v) is 11.3. The molecule has 1 rings (SSSR count). The normalized spacial score (nSPS) is 10.8. The Hall–Kier alpha value is -2.08. The lowest BCUT2D eigenvalue weighted by molar-refractivity contribution is -0.138. The number of unbranched alkanes of at least 4 members (excludes halogenated alkanes) is 3. The molecule has 0 amide bonds. The standard InChI is InChI=1S/C16H19NO2/c1-2-3-4-8-11-19-16(18)15(13-17)12-14-9-6-5-7-10-14/h5-7,9-10,12H,2-4,8,11H2,1H3. The van der Waals surface area contributed by atoms with E-state index in [9.17, 15) is 4.79 Å². The number of carbonyl (C=O) groups is 1. The quantitative estimate of drug-likeness (QED) is 0.324. The maximum absolute atomic E-state index is 11.7. The van der Waals surface area contributed by atoms with Crippen LogP contribution in [-0.4, -0.2) is 12.6 Å². The number of hydrogen-bond donors (Lipinski definition) is 0. The summed E-state index contributed by atoms with van der Waals surface area (Å²) in [5.41, 5.74) is 0.865. The summed E-state index contributed by atoms with van der Waals surface area (Å²) in [5, 5.41) is 8.98. The third-order valence-corrected chi connectivity index (χ3v) is 2.68. The van der Waals surface area contributed by atoms with Crippen LogP contribution in [0.4, 0.5) is 0 Å². The highest BCUT2D eigenvalue weighted by Crippen LogP contribution is 2.08. The summed E-state index contributed by atoms with van der Waals surface area (Å²) in [6, 6.07) is 11.2. The Morgan fingerprint density at radius 3 is 2.63 bits per heavy atom. The minimum absolute atomic E-state index is 0.0432. The number of carbonyl (C=O) groups excluding carboxylic acids is 1. The number of ether oxygens (including phenoxy) is 1. The first-order valence-corrected chi connectivity index (χ1v) is 6.62. The van der Waals surface area contributed by atoms with Crippen LogP contribution in [0.1, 0.15) is 38.2 Å². The maximum atomic E-state index is 11.7. The predicted molar refractivity (Wildman–Crippen MR) is 75.1 cm³/mol. The highest BCUT2D eigenvalue weighted by molar-refractivity contribution is 5.97. The lowest BCUT2D eigenvalue weighted by Crippen LogP contribution is -2.08. The molecule has 0 saturated carbocycles. The van der Waals surface area contributed by atoms with Gasteiger partial charge < -0.3 is 4.74 Å². The van der Waals surface area contributed by atoms with E-state index in [1.54, 1.807) is 6.08 Å². The lowest BCUT2D eigenvalue weighted by Gasteiger charge is -2.03. The SMILES string of the molecule is CCCCCCOC(=O)C(C#N)=Cc1ccccc1. The van der Waals surface area contributed by atoms with Crippen LogP contribution in [0.15, 0.2) is 35.9 Å². The van der Waals surface area contributed by atoms with E-state index < -0.39 is 5.97 Å². The molecule has 1 aromatic rings. The monoisotopic (exact) mass is 257 g/mol. The zero-order chi connectivity index (χ0) is 13.9. The number of nitrogens with zero attached hydrogens (tertiary/aromatic N) is 1. The van der Waals surface area contributed by atoms with Crippen LogP contribution < -0.4 is 0 Å². The molecule has 0 aliphatic carbocycles. The van der Waals surface area contributed by atoms with Gasteiger partial charge in [-0.2, -0.15) is 5.26 Å². The van der Waals surface area contributed by atoms with Crippen molar-refractivity contribution in [2.75, 3.05) is 6.61 Å². The molecule has 3 heteroatoms. The second-order valence-corrected chi connectivity index (χ2v) is 4.28. The lowest BCUT2D eigenvalue weighted by atomic mass is 10.1. The van der Waals surface area contributed by atoms with Gasteiger partial charge in [0.1, 0.15) is 11.6 Å². The average Bonchev–Trinajstić information content (AvgIpc) is 2.45. The van der Waals surface area contributed by atoms with Crippen molar-refractivity contribution in [1.29, 1.82) is 5.26 Å². The molecule has 0 spiro atoms. The molecule has 0 aliphatic heterocycles. The van der Waals surface area contributed by atoms with Crippen molar-refractivity contribution >= 4 is 12.0 Å². The maximum Gasteiger partial charge on any atom is 0.348 e. The first-order chi connectivity index (χ1) is 9.27. The first kappa shape index (κ1) is 15.0. The topological polar surface area (TPSA) is 50.1 Å². The largest absolute Gasteiger partial charge is 0.462 e. The molecule has 3 nitrogen and oxygen atoms in total. The Morgan fingerprint density at radius 1 is 1.26 bits per heavy atom. The van der Waals surface area contributed by atoms with Crippen molar-refractivity contribution in [2.45, 2.75) is 32.6 Å². The molecule has 0 radical (unpaired) electrons. The first-order valence-electron chi connectivity index (χ1n) is 6.62. The van der Waals surface area contributed by atoms with Crippen molar-refractivity contribution in [2.24, 2.45) is 0 Å². The number of rotatable bonds is 7. The van der Waals surface area contributed by atoms with Gasteiger partial charge >= 0.3 is 5.97 Å². The van der Waals surface area contributed by atoms with Gasteiger partial charge in [0.15, 0.2) is 0 Å². The fraction of sp³-hybridized carbons (Fsp3) is 0.375. The van der Waals surface area contributed by atoms with Crippen LogP contribution in [0.25, 0.3) is 6.08 Å². The van der Waals surface area contributed by atoms with Crippen molar-refractivity contribution in [3.05, 3.63) is 41.5 Å². The Labute approximate surface area is 114 Å². The van der Waals surface area contributed by atoms with Crippen LogP contribution in [0.5, 0.6) is 0 Å². The summed E-state index contributed by atoms with van der Waals surface area (Å²) in [4.78, 5) is 11.7. The van der Waals surface area contributed by atoms with Gasteiger partial charge in [-0.3, -0.25) is 0 Å². The molecule has 19 heavy (non-hydrogen) atoms. The van der Waals surface area contributed by atoms with E-state index in [0.717, 1.165) is 31.2 Å². The Morgan fingerprint density at radius 2 is 2.00 bits per heavy atom. The van der Waals surface area contributed by atoms with Crippen molar-refractivity contribution in [3.63, 3.8) is 0 Å².